The van der Waals surface area contributed by atoms with Crippen LogP contribution < -0.4 is 0 Å². The Morgan fingerprint density at radius 1 is 1.25 bits per heavy atom. The molecular formula is C30H42N4O2. The quantitative estimate of drug-likeness (QED) is 0.247. The summed E-state index contributed by atoms with van der Waals surface area (Å²) in [6, 6.07) is 6.87. The van der Waals surface area contributed by atoms with Gasteiger partial charge < -0.3 is 14.6 Å². The minimum absolute atomic E-state index is 0.201. The topological polar surface area (TPSA) is 70.0 Å². The minimum Gasteiger partial charge on any atom is -0.384 e. The normalized spacial score (nSPS) is 16.7. The zero-order valence-corrected chi connectivity index (χ0v) is 23.0. The van der Waals surface area contributed by atoms with E-state index in [1.807, 2.05) is 11.8 Å². The maximum atomic E-state index is 12.4. The van der Waals surface area contributed by atoms with E-state index in [1.165, 1.54) is 33.3 Å². The Labute approximate surface area is 216 Å². The molecule has 1 aliphatic rings. The number of likely N-dealkylation sites (tertiary alicyclic amines) is 1. The molecule has 0 aliphatic carbocycles. The third kappa shape index (κ3) is 6.41. The number of nitrogens with one attached hydrogen (secondary N) is 1. The summed E-state index contributed by atoms with van der Waals surface area (Å²) in [5, 5.41) is 1.30. The summed E-state index contributed by atoms with van der Waals surface area (Å²) in [5.41, 5.74) is 8.30. The van der Waals surface area contributed by atoms with Crippen molar-refractivity contribution in [1.29, 1.82) is 0 Å². The van der Waals surface area contributed by atoms with E-state index in [-0.39, 0.29) is 5.91 Å². The Hall–Kier alpha value is -2.99. The average molecular weight is 491 g/mol. The summed E-state index contributed by atoms with van der Waals surface area (Å²) in [4.78, 5) is 26.5. The van der Waals surface area contributed by atoms with Crippen LogP contribution in [0.5, 0.6) is 0 Å². The van der Waals surface area contributed by atoms with Crippen LogP contribution in [0.1, 0.15) is 82.5 Å². The van der Waals surface area contributed by atoms with Crippen LogP contribution in [0.25, 0.3) is 16.5 Å². The van der Waals surface area contributed by atoms with Crippen molar-refractivity contribution in [1.82, 2.24) is 9.88 Å². The van der Waals surface area contributed by atoms with Crippen molar-refractivity contribution in [3.05, 3.63) is 52.7 Å². The number of fused-ring (bicyclic) bond motifs is 1. The Bertz CT molecular complexity index is 1180. The number of methoxy groups -OCH3 is 1. The largest absolute Gasteiger partial charge is 0.384 e. The van der Waals surface area contributed by atoms with Gasteiger partial charge in [0.25, 0.3) is 0 Å². The van der Waals surface area contributed by atoms with Crippen LogP contribution in [0.15, 0.2) is 45.9 Å². The molecule has 2 aromatic rings. The van der Waals surface area contributed by atoms with Crippen LogP contribution in [-0.2, 0) is 9.53 Å². The monoisotopic (exact) mass is 490 g/mol. The van der Waals surface area contributed by atoms with E-state index >= 15 is 0 Å². The molecule has 1 N–H and O–H groups in total. The first-order chi connectivity index (χ1) is 17.3. The molecule has 0 atom stereocenters. The van der Waals surface area contributed by atoms with Crippen LogP contribution in [0.2, 0.25) is 0 Å². The first kappa shape index (κ1) is 27.6. The molecule has 1 aromatic carbocycles. The lowest BCUT2D eigenvalue weighted by Crippen LogP contribution is -2.38. The zero-order chi connectivity index (χ0) is 26.2. The molecule has 0 spiro atoms. The van der Waals surface area contributed by atoms with Gasteiger partial charge in [0.2, 0.25) is 5.91 Å². The molecule has 0 bridgehead atoms. The fourth-order valence-electron chi connectivity index (χ4n) is 5.01. The van der Waals surface area contributed by atoms with Crippen molar-refractivity contribution in [3.63, 3.8) is 0 Å². The molecule has 0 unspecified atom stereocenters. The van der Waals surface area contributed by atoms with Gasteiger partial charge >= 0.3 is 0 Å². The van der Waals surface area contributed by atoms with Crippen LogP contribution in [0.3, 0.4) is 0 Å². The first-order valence-corrected chi connectivity index (χ1v) is 13.0. The molecule has 0 saturated carbocycles. The van der Waals surface area contributed by atoms with Gasteiger partial charge in [0.1, 0.15) is 6.34 Å². The number of hydrogen-bond donors (Lipinski definition) is 1. The third-order valence-electron chi connectivity index (χ3n) is 7.19. The van der Waals surface area contributed by atoms with Gasteiger partial charge in [-0.1, -0.05) is 26.0 Å². The smallest absolute Gasteiger partial charge is 0.224 e. The van der Waals surface area contributed by atoms with Gasteiger partial charge in [-0.25, -0.2) is 4.99 Å². The van der Waals surface area contributed by atoms with E-state index in [2.05, 4.69) is 73.0 Å². The van der Waals surface area contributed by atoms with Gasteiger partial charge in [0, 0.05) is 49.6 Å². The van der Waals surface area contributed by atoms with Crippen molar-refractivity contribution in [2.24, 2.45) is 9.98 Å². The van der Waals surface area contributed by atoms with E-state index in [0.717, 1.165) is 37.2 Å². The van der Waals surface area contributed by atoms with Gasteiger partial charge in [-0.15, -0.1) is 0 Å². The second-order valence-electron chi connectivity index (χ2n) is 9.93. The van der Waals surface area contributed by atoms with E-state index in [1.54, 1.807) is 20.5 Å². The molecule has 2 heterocycles. The molecule has 1 aliphatic heterocycles. The van der Waals surface area contributed by atoms with Crippen LogP contribution in [0, 0.1) is 0 Å². The third-order valence-corrected chi connectivity index (χ3v) is 7.19. The Morgan fingerprint density at radius 3 is 2.58 bits per heavy atom. The highest BCUT2D eigenvalue weighted by molar-refractivity contribution is 6.04. The van der Waals surface area contributed by atoms with Gasteiger partial charge in [-0.3, -0.25) is 9.79 Å². The highest BCUT2D eigenvalue weighted by atomic mass is 16.5. The van der Waals surface area contributed by atoms with E-state index in [4.69, 9.17) is 4.74 Å². The SMILES string of the molecule is C/C=C(\C=C(\C)C(C)=NC=NC)c1[nH]c2ccc(C3CCN(C(=O)CCOC)CC3)cc2c1C(C)C. The zero-order valence-electron chi connectivity index (χ0n) is 23.0. The highest BCUT2D eigenvalue weighted by Crippen LogP contribution is 2.37. The van der Waals surface area contributed by atoms with Crippen molar-refractivity contribution in [2.75, 3.05) is 33.9 Å². The lowest BCUT2D eigenvalue weighted by atomic mass is 9.87. The molecule has 1 saturated heterocycles. The maximum absolute atomic E-state index is 12.4. The number of carbonyl (C=O) groups is 1. The van der Waals surface area contributed by atoms with Crippen molar-refractivity contribution >= 4 is 34.4 Å². The molecule has 3 rings (SSSR count). The number of rotatable bonds is 9. The number of piperidine rings is 1. The number of carbonyl (C=O) groups excluding carboxylic acids is 1. The van der Waals surface area contributed by atoms with Crippen molar-refractivity contribution in [3.8, 4) is 0 Å². The molecule has 1 amide bonds. The average Bonchev–Trinajstić information content (AvgIpc) is 3.27. The molecule has 0 radical (unpaired) electrons. The fourth-order valence-corrected chi connectivity index (χ4v) is 5.01. The van der Waals surface area contributed by atoms with Crippen LogP contribution in [-0.4, -0.2) is 61.7 Å². The Kier molecular flexibility index (Phi) is 9.82. The molecular weight excluding hydrogens is 448 g/mol. The standard InChI is InChI=1S/C30H42N4O2/c1-8-23(17-21(4)22(5)32-19-31-6)30-29(20(2)3)26-18-25(9-10-27(26)33-30)24-11-14-34(15-12-24)28(35)13-16-36-7/h8-10,17-20,24,33H,11-16H2,1-7H3/b21-17-,23-8+,31-19?,32-22?. The van der Waals surface area contributed by atoms with Crippen LogP contribution in [0.4, 0.5) is 0 Å². The Morgan fingerprint density at radius 2 is 1.97 bits per heavy atom. The summed E-state index contributed by atoms with van der Waals surface area (Å²) >= 11 is 0. The summed E-state index contributed by atoms with van der Waals surface area (Å²) in [5.74, 6) is 1.05. The van der Waals surface area contributed by atoms with E-state index in [9.17, 15) is 4.79 Å². The lowest BCUT2D eigenvalue weighted by Gasteiger charge is -2.32. The number of aromatic amines is 1. The van der Waals surface area contributed by atoms with Crippen molar-refractivity contribution in [2.45, 2.75) is 65.7 Å². The second kappa shape index (κ2) is 12.8. The first-order valence-electron chi connectivity index (χ1n) is 13.0. The highest BCUT2D eigenvalue weighted by Gasteiger charge is 2.25. The molecule has 6 nitrogen and oxygen atoms in total. The number of allylic oxidation sites excluding steroid dienone is 4. The number of aromatic nitrogens is 1. The molecule has 1 fully saturated rings. The number of hydrogen-bond acceptors (Lipinski definition) is 3. The van der Waals surface area contributed by atoms with Crippen LogP contribution >= 0.6 is 0 Å². The number of ether oxygens (including phenoxy) is 1. The van der Waals surface area contributed by atoms with Gasteiger partial charge in [-0.05, 0) is 85.9 Å². The summed E-state index contributed by atoms with van der Waals surface area (Å²) in [6.07, 6.45) is 8.43. The second-order valence-corrected chi connectivity index (χ2v) is 9.93. The number of nitrogens with zero attached hydrogens (tertiary/aromatic N) is 3. The predicted octanol–water partition coefficient (Wildman–Crippen LogP) is 6.50. The van der Waals surface area contributed by atoms with E-state index in [0.29, 0.717) is 24.9 Å². The maximum Gasteiger partial charge on any atom is 0.224 e. The molecule has 194 valence electrons. The lowest BCUT2D eigenvalue weighted by molar-refractivity contribution is -0.133. The predicted molar refractivity (Wildman–Crippen MR) is 152 cm³/mol. The minimum atomic E-state index is 0.201. The van der Waals surface area contributed by atoms with E-state index < -0.39 is 0 Å². The number of H-pyrrole nitrogens is 1. The van der Waals surface area contributed by atoms with Gasteiger partial charge in [0.15, 0.2) is 0 Å². The summed E-state index contributed by atoms with van der Waals surface area (Å²) in [6.45, 7) is 12.8. The molecule has 6 heteroatoms. The van der Waals surface area contributed by atoms with Gasteiger partial charge in [0.05, 0.1) is 13.0 Å². The molecule has 1 aromatic heterocycles. The molecule has 36 heavy (non-hydrogen) atoms. The van der Waals surface area contributed by atoms with Gasteiger partial charge in [-0.2, -0.15) is 0 Å². The Balaban J connectivity index is 1.90. The number of aliphatic imine (C=N–C) groups is 2. The summed E-state index contributed by atoms with van der Waals surface area (Å²) in [7, 11) is 3.37. The number of amides is 1. The van der Waals surface area contributed by atoms with Crippen molar-refractivity contribution < 1.29 is 9.53 Å². The fraction of sp³-hybridized carbons (Fsp3) is 0.500. The number of benzene rings is 1. The summed E-state index contributed by atoms with van der Waals surface area (Å²) < 4.78 is 5.07.